The molecule has 7 nitrogen and oxygen atoms in total. The Labute approximate surface area is 169 Å². The van der Waals surface area contributed by atoms with E-state index in [9.17, 15) is 13.2 Å². The van der Waals surface area contributed by atoms with Gasteiger partial charge in [0.2, 0.25) is 10.0 Å². The van der Waals surface area contributed by atoms with Crippen molar-refractivity contribution in [2.75, 3.05) is 11.9 Å². The number of furan rings is 1. The molecule has 1 aromatic heterocycles. The normalized spacial score (nSPS) is 13.5. The number of hydrogen-bond acceptors (Lipinski definition) is 5. The largest absolute Gasteiger partial charge is 0.482 e. The zero-order chi connectivity index (χ0) is 19.7. The molecule has 0 saturated carbocycles. The van der Waals surface area contributed by atoms with Crippen molar-refractivity contribution in [1.82, 2.24) is 4.72 Å². The van der Waals surface area contributed by atoms with Crippen LogP contribution in [-0.4, -0.2) is 20.9 Å². The molecular formula is C19H15BrN2O5S. The number of anilines is 1. The number of ether oxygens (including phenoxy) is 1. The molecule has 3 aromatic rings. The maximum absolute atomic E-state index is 12.6. The van der Waals surface area contributed by atoms with E-state index >= 15 is 0 Å². The van der Waals surface area contributed by atoms with Crippen LogP contribution in [-0.2, 0) is 21.4 Å². The third-order valence-electron chi connectivity index (χ3n) is 4.12. The Kier molecular flexibility index (Phi) is 4.96. The van der Waals surface area contributed by atoms with E-state index in [-0.39, 0.29) is 24.0 Å². The molecular weight excluding hydrogens is 448 g/mol. The second-order valence-electron chi connectivity index (χ2n) is 6.09. The highest BCUT2D eigenvalue weighted by Crippen LogP contribution is 2.30. The van der Waals surface area contributed by atoms with Crippen LogP contribution in [0.1, 0.15) is 5.76 Å². The van der Waals surface area contributed by atoms with Crippen LogP contribution in [0, 0.1) is 0 Å². The molecule has 1 aliphatic heterocycles. The topological polar surface area (TPSA) is 97.6 Å². The molecule has 0 aliphatic carbocycles. The van der Waals surface area contributed by atoms with Gasteiger partial charge in [0.05, 0.1) is 17.1 Å². The number of nitrogens with one attached hydrogen (secondary N) is 2. The Bertz CT molecular complexity index is 1140. The van der Waals surface area contributed by atoms with Gasteiger partial charge in [0.15, 0.2) is 6.61 Å². The number of carbonyl (C=O) groups excluding carboxylic acids is 1. The average Bonchev–Trinajstić information content (AvgIpc) is 3.15. The Morgan fingerprint density at radius 2 is 1.86 bits per heavy atom. The summed E-state index contributed by atoms with van der Waals surface area (Å²) in [6.45, 7) is -0.0880. The van der Waals surface area contributed by atoms with Crippen molar-refractivity contribution in [3.63, 3.8) is 0 Å². The van der Waals surface area contributed by atoms with Crippen LogP contribution in [0.4, 0.5) is 5.69 Å². The van der Waals surface area contributed by atoms with E-state index in [0.717, 1.165) is 10.0 Å². The molecule has 9 heteroatoms. The van der Waals surface area contributed by atoms with Gasteiger partial charge >= 0.3 is 0 Å². The molecule has 0 radical (unpaired) electrons. The van der Waals surface area contributed by atoms with E-state index < -0.39 is 10.0 Å². The Morgan fingerprint density at radius 3 is 2.64 bits per heavy atom. The Hall–Kier alpha value is -2.62. The van der Waals surface area contributed by atoms with Gasteiger partial charge in [-0.15, -0.1) is 0 Å². The summed E-state index contributed by atoms with van der Waals surface area (Å²) >= 11 is 3.38. The van der Waals surface area contributed by atoms with Gasteiger partial charge in [-0.05, 0) is 42.5 Å². The summed E-state index contributed by atoms with van der Waals surface area (Å²) < 4.78 is 39.6. The van der Waals surface area contributed by atoms with Gasteiger partial charge in [0, 0.05) is 10.0 Å². The number of halogens is 1. The highest BCUT2D eigenvalue weighted by Gasteiger charge is 2.21. The molecule has 2 N–H and O–H groups in total. The van der Waals surface area contributed by atoms with Crippen LogP contribution in [0.5, 0.6) is 5.75 Å². The minimum atomic E-state index is -3.79. The Balaban J connectivity index is 1.48. The molecule has 0 saturated heterocycles. The zero-order valence-electron chi connectivity index (χ0n) is 14.4. The number of sulfonamides is 1. The summed E-state index contributed by atoms with van der Waals surface area (Å²) in [6, 6.07) is 15.4. The van der Waals surface area contributed by atoms with Crippen LogP contribution < -0.4 is 14.8 Å². The zero-order valence-corrected chi connectivity index (χ0v) is 16.8. The summed E-state index contributed by atoms with van der Waals surface area (Å²) in [6.07, 6.45) is 0. The lowest BCUT2D eigenvalue weighted by Crippen LogP contribution is -2.27. The first-order valence-electron chi connectivity index (χ1n) is 8.32. The summed E-state index contributed by atoms with van der Waals surface area (Å²) in [5.74, 6) is 1.24. The highest BCUT2D eigenvalue weighted by molar-refractivity contribution is 9.10. The molecule has 0 spiro atoms. The fourth-order valence-electron chi connectivity index (χ4n) is 2.72. The van der Waals surface area contributed by atoms with Crippen LogP contribution in [0.3, 0.4) is 0 Å². The smallest absolute Gasteiger partial charge is 0.262 e. The van der Waals surface area contributed by atoms with Crippen molar-refractivity contribution in [3.05, 3.63) is 64.8 Å². The van der Waals surface area contributed by atoms with Crippen molar-refractivity contribution in [2.24, 2.45) is 0 Å². The first-order valence-corrected chi connectivity index (χ1v) is 10.6. The van der Waals surface area contributed by atoms with E-state index in [0.29, 0.717) is 23.0 Å². The lowest BCUT2D eigenvalue weighted by atomic mass is 10.2. The summed E-state index contributed by atoms with van der Waals surface area (Å²) in [5, 5.41) is 2.59. The van der Waals surface area contributed by atoms with E-state index in [1.54, 1.807) is 12.1 Å². The average molecular weight is 463 g/mol. The Morgan fingerprint density at radius 1 is 1.07 bits per heavy atom. The predicted octanol–water partition coefficient (Wildman–Crippen LogP) is 3.52. The van der Waals surface area contributed by atoms with Gasteiger partial charge in [-0.1, -0.05) is 28.1 Å². The van der Waals surface area contributed by atoms with Gasteiger partial charge in [-0.25, -0.2) is 13.1 Å². The number of amides is 1. The summed E-state index contributed by atoms with van der Waals surface area (Å²) in [7, 11) is -3.79. The number of hydrogen-bond donors (Lipinski definition) is 2. The summed E-state index contributed by atoms with van der Waals surface area (Å²) in [4.78, 5) is 11.4. The minimum Gasteiger partial charge on any atom is -0.482 e. The molecule has 2 aromatic carbocycles. The molecule has 28 heavy (non-hydrogen) atoms. The maximum Gasteiger partial charge on any atom is 0.262 e. The quantitative estimate of drug-likeness (QED) is 0.604. The number of rotatable bonds is 5. The van der Waals surface area contributed by atoms with Crippen LogP contribution >= 0.6 is 15.9 Å². The van der Waals surface area contributed by atoms with E-state index in [4.69, 9.17) is 9.15 Å². The fourth-order valence-corrected chi connectivity index (χ4v) is 4.00. The molecule has 1 amide bonds. The molecule has 0 unspecified atom stereocenters. The maximum atomic E-state index is 12.6. The van der Waals surface area contributed by atoms with Gasteiger partial charge in [-0.2, -0.15) is 0 Å². The predicted molar refractivity (Wildman–Crippen MR) is 106 cm³/mol. The lowest BCUT2D eigenvalue weighted by Gasteiger charge is -2.18. The van der Waals surface area contributed by atoms with Crippen molar-refractivity contribution in [1.29, 1.82) is 0 Å². The third kappa shape index (κ3) is 3.96. The number of carbonyl (C=O) groups is 1. The second kappa shape index (κ2) is 7.42. The van der Waals surface area contributed by atoms with E-state index in [1.807, 2.05) is 24.3 Å². The van der Waals surface area contributed by atoms with Crippen molar-refractivity contribution < 1.29 is 22.4 Å². The lowest BCUT2D eigenvalue weighted by molar-refractivity contribution is -0.118. The first-order chi connectivity index (χ1) is 13.4. The van der Waals surface area contributed by atoms with Gasteiger partial charge < -0.3 is 14.5 Å². The summed E-state index contributed by atoms with van der Waals surface area (Å²) in [5.41, 5.74) is 1.22. The molecule has 0 atom stereocenters. The minimum absolute atomic E-state index is 0.00119. The monoisotopic (exact) mass is 462 g/mol. The van der Waals surface area contributed by atoms with Gasteiger partial charge in [0.25, 0.3) is 5.91 Å². The molecule has 144 valence electrons. The van der Waals surface area contributed by atoms with Crippen molar-refractivity contribution in [2.45, 2.75) is 11.4 Å². The van der Waals surface area contributed by atoms with Crippen molar-refractivity contribution in [3.8, 4) is 17.1 Å². The molecule has 0 bridgehead atoms. The standard InChI is InChI=1S/C19H15BrN2O5S/c20-13-3-1-12(2-4-13)17-7-5-14(27-17)10-21-28(24,25)15-6-8-18-16(9-15)22-19(23)11-26-18/h1-9,21H,10-11H2,(H,22,23). The molecule has 4 rings (SSSR count). The van der Waals surface area contributed by atoms with E-state index in [1.165, 1.54) is 18.2 Å². The number of fused-ring (bicyclic) bond motifs is 1. The fraction of sp³-hybridized carbons (Fsp3) is 0.105. The van der Waals surface area contributed by atoms with Gasteiger partial charge in [0.1, 0.15) is 17.3 Å². The SMILES string of the molecule is O=C1COc2ccc(S(=O)(=O)NCc3ccc(-c4ccc(Br)cc4)o3)cc2N1. The second-order valence-corrected chi connectivity index (χ2v) is 8.77. The van der Waals surface area contributed by atoms with Crippen molar-refractivity contribution >= 4 is 37.5 Å². The van der Waals surface area contributed by atoms with E-state index in [2.05, 4.69) is 26.0 Å². The van der Waals surface area contributed by atoms with Crippen LogP contribution in [0.2, 0.25) is 0 Å². The van der Waals surface area contributed by atoms with Gasteiger partial charge in [-0.3, -0.25) is 4.79 Å². The molecule has 0 fully saturated rings. The molecule has 2 heterocycles. The van der Waals surface area contributed by atoms with Crippen LogP contribution in [0.25, 0.3) is 11.3 Å². The first kappa shape index (κ1) is 18.7. The highest BCUT2D eigenvalue weighted by atomic mass is 79.9. The molecule has 1 aliphatic rings. The van der Waals surface area contributed by atoms with Crippen LogP contribution in [0.15, 0.2) is 68.4 Å². The third-order valence-corrected chi connectivity index (χ3v) is 6.05. The number of benzene rings is 2.